The Labute approximate surface area is 123 Å². The van der Waals surface area contributed by atoms with E-state index in [1.807, 2.05) is 13.8 Å². The fourth-order valence-electron chi connectivity index (χ4n) is 1.84. The maximum absolute atomic E-state index is 14.1. The number of carbonyl (C=O) groups excluding carboxylic acids is 1. The third-order valence-corrected chi connectivity index (χ3v) is 2.82. The predicted molar refractivity (Wildman–Crippen MR) is 79.6 cm³/mol. The van der Waals surface area contributed by atoms with Gasteiger partial charge >= 0.3 is 5.97 Å². The molecule has 1 aromatic rings. The molecule has 0 radical (unpaired) electrons. The molecule has 114 valence electrons. The molecule has 1 amide bonds. The first-order chi connectivity index (χ1) is 9.97. The topological polar surface area (TPSA) is 69.6 Å². The second-order valence-electron chi connectivity index (χ2n) is 4.35. The van der Waals surface area contributed by atoms with E-state index in [4.69, 9.17) is 5.11 Å². The first kappa shape index (κ1) is 16.7. The van der Waals surface area contributed by atoms with Crippen LogP contribution in [0.4, 0.5) is 10.1 Å². The summed E-state index contributed by atoms with van der Waals surface area (Å²) in [5.74, 6) is -1.76. The molecule has 0 spiro atoms. The van der Waals surface area contributed by atoms with Gasteiger partial charge in [-0.25, -0.2) is 9.18 Å². The zero-order valence-electron chi connectivity index (χ0n) is 12.1. The third-order valence-electron chi connectivity index (χ3n) is 2.82. The number of likely N-dealkylation sites (N-methyl/N-ethyl adjacent to an activating group) is 2. The van der Waals surface area contributed by atoms with Crippen LogP contribution in [0.1, 0.15) is 19.4 Å². The number of anilines is 1. The molecule has 0 saturated carbocycles. The summed E-state index contributed by atoms with van der Waals surface area (Å²) in [5.41, 5.74) is 0.768. The van der Waals surface area contributed by atoms with Crippen molar-refractivity contribution in [2.24, 2.45) is 0 Å². The van der Waals surface area contributed by atoms with E-state index in [0.717, 1.165) is 6.08 Å². The highest BCUT2D eigenvalue weighted by molar-refractivity contribution is 5.85. The highest BCUT2D eigenvalue weighted by Crippen LogP contribution is 2.21. The molecular formula is C15H19FN2O3. The van der Waals surface area contributed by atoms with Crippen molar-refractivity contribution in [1.29, 1.82) is 0 Å². The van der Waals surface area contributed by atoms with Gasteiger partial charge in [0.15, 0.2) is 0 Å². The third kappa shape index (κ3) is 5.25. The second kappa shape index (κ2) is 8.04. The van der Waals surface area contributed by atoms with Crippen molar-refractivity contribution in [3.05, 3.63) is 35.7 Å². The van der Waals surface area contributed by atoms with Crippen molar-refractivity contribution in [3.8, 4) is 0 Å². The molecule has 0 heterocycles. The van der Waals surface area contributed by atoms with Gasteiger partial charge in [-0.1, -0.05) is 6.07 Å². The van der Waals surface area contributed by atoms with E-state index in [-0.39, 0.29) is 12.5 Å². The van der Waals surface area contributed by atoms with Gasteiger partial charge in [0.1, 0.15) is 5.82 Å². The Bertz CT molecular complexity index is 544. The Hall–Kier alpha value is -2.37. The summed E-state index contributed by atoms with van der Waals surface area (Å²) in [4.78, 5) is 23.6. The summed E-state index contributed by atoms with van der Waals surface area (Å²) in [6.45, 7) is 4.73. The summed E-state index contributed by atoms with van der Waals surface area (Å²) < 4.78 is 14.1. The van der Waals surface area contributed by atoms with Crippen LogP contribution in [-0.2, 0) is 9.59 Å². The highest BCUT2D eigenvalue weighted by Gasteiger charge is 2.13. The molecule has 5 nitrogen and oxygen atoms in total. The zero-order chi connectivity index (χ0) is 15.8. The maximum atomic E-state index is 14.1. The lowest BCUT2D eigenvalue weighted by Crippen LogP contribution is -2.37. The van der Waals surface area contributed by atoms with E-state index < -0.39 is 11.8 Å². The molecule has 0 fully saturated rings. The molecule has 1 aromatic carbocycles. The van der Waals surface area contributed by atoms with Crippen molar-refractivity contribution in [1.82, 2.24) is 5.32 Å². The number of carbonyl (C=O) groups is 2. The van der Waals surface area contributed by atoms with Gasteiger partial charge < -0.3 is 15.3 Å². The molecule has 6 heteroatoms. The van der Waals surface area contributed by atoms with E-state index in [9.17, 15) is 14.0 Å². The molecule has 0 saturated heterocycles. The van der Waals surface area contributed by atoms with Crippen molar-refractivity contribution in [2.45, 2.75) is 13.8 Å². The van der Waals surface area contributed by atoms with Gasteiger partial charge in [0, 0.05) is 19.2 Å². The number of halogens is 1. The molecule has 0 aliphatic carbocycles. The number of carboxylic acids is 1. The standard InChI is InChI=1S/C15H19FN2O3/c1-3-17-14(19)10-18(4-2)13-7-5-11(9-12(13)16)6-8-15(20)21/h5-9H,3-4,10H2,1-2H3,(H,17,19)(H,20,21). The van der Waals surface area contributed by atoms with E-state index >= 15 is 0 Å². The Balaban J connectivity index is 2.91. The van der Waals surface area contributed by atoms with Crippen molar-refractivity contribution >= 4 is 23.6 Å². The molecule has 0 atom stereocenters. The van der Waals surface area contributed by atoms with Gasteiger partial charge in [-0.05, 0) is 37.6 Å². The van der Waals surface area contributed by atoms with Crippen LogP contribution in [-0.4, -0.2) is 36.6 Å². The van der Waals surface area contributed by atoms with Gasteiger partial charge in [0.05, 0.1) is 12.2 Å². The first-order valence-electron chi connectivity index (χ1n) is 6.70. The number of hydrogen-bond donors (Lipinski definition) is 2. The smallest absolute Gasteiger partial charge is 0.328 e. The van der Waals surface area contributed by atoms with Crippen molar-refractivity contribution < 1.29 is 19.1 Å². The second-order valence-corrected chi connectivity index (χ2v) is 4.35. The molecule has 0 aliphatic rings. The average molecular weight is 294 g/mol. The minimum atomic E-state index is -1.09. The molecule has 0 unspecified atom stereocenters. The van der Waals surface area contributed by atoms with Crippen LogP contribution in [0.25, 0.3) is 6.08 Å². The SMILES string of the molecule is CCNC(=O)CN(CC)c1ccc(C=CC(=O)O)cc1F. The minimum Gasteiger partial charge on any atom is -0.478 e. The molecular weight excluding hydrogens is 275 g/mol. The molecule has 21 heavy (non-hydrogen) atoms. The monoisotopic (exact) mass is 294 g/mol. The lowest BCUT2D eigenvalue weighted by Gasteiger charge is -2.23. The Morgan fingerprint density at radius 1 is 1.38 bits per heavy atom. The molecule has 1 rings (SSSR count). The Morgan fingerprint density at radius 2 is 2.10 bits per heavy atom. The van der Waals surface area contributed by atoms with Gasteiger partial charge in [-0.2, -0.15) is 0 Å². The van der Waals surface area contributed by atoms with E-state index in [2.05, 4.69) is 5.32 Å². The lowest BCUT2D eigenvalue weighted by molar-refractivity contribution is -0.131. The summed E-state index contributed by atoms with van der Waals surface area (Å²) in [5, 5.41) is 11.2. The summed E-state index contributed by atoms with van der Waals surface area (Å²) >= 11 is 0. The molecule has 0 aromatic heterocycles. The van der Waals surface area contributed by atoms with E-state index in [1.165, 1.54) is 12.1 Å². The van der Waals surface area contributed by atoms with Crippen LogP contribution in [0.3, 0.4) is 0 Å². The average Bonchev–Trinajstić information content (AvgIpc) is 2.43. The maximum Gasteiger partial charge on any atom is 0.328 e. The highest BCUT2D eigenvalue weighted by atomic mass is 19.1. The summed E-state index contributed by atoms with van der Waals surface area (Å²) in [7, 11) is 0. The fourth-order valence-corrected chi connectivity index (χ4v) is 1.84. The normalized spacial score (nSPS) is 10.6. The van der Waals surface area contributed by atoms with Crippen LogP contribution >= 0.6 is 0 Å². The van der Waals surface area contributed by atoms with Gasteiger partial charge in [0.25, 0.3) is 0 Å². The predicted octanol–water partition coefficient (Wildman–Crippen LogP) is 1.89. The Kier molecular flexibility index (Phi) is 6.39. The van der Waals surface area contributed by atoms with Crippen LogP contribution in [0, 0.1) is 5.82 Å². The number of hydrogen-bond acceptors (Lipinski definition) is 3. The summed E-state index contributed by atoms with van der Waals surface area (Å²) in [6.07, 6.45) is 2.26. The van der Waals surface area contributed by atoms with E-state index in [0.29, 0.717) is 24.3 Å². The van der Waals surface area contributed by atoms with Crippen LogP contribution in [0.2, 0.25) is 0 Å². The number of benzene rings is 1. The lowest BCUT2D eigenvalue weighted by atomic mass is 10.1. The van der Waals surface area contributed by atoms with Gasteiger partial charge in [-0.3, -0.25) is 4.79 Å². The fraction of sp³-hybridized carbons (Fsp3) is 0.333. The van der Waals surface area contributed by atoms with Gasteiger partial charge in [0.2, 0.25) is 5.91 Å². The van der Waals surface area contributed by atoms with Crippen LogP contribution in [0.5, 0.6) is 0 Å². The number of rotatable bonds is 7. The van der Waals surface area contributed by atoms with Crippen molar-refractivity contribution in [3.63, 3.8) is 0 Å². The quantitative estimate of drug-likeness (QED) is 0.753. The Morgan fingerprint density at radius 3 is 2.62 bits per heavy atom. The number of carboxylic acid groups (broad SMARTS) is 1. The molecule has 2 N–H and O–H groups in total. The number of amides is 1. The number of nitrogens with one attached hydrogen (secondary N) is 1. The van der Waals surface area contributed by atoms with Crippen LogP contribution < -0.4 is 10.2 Å². The first-order valence-corrected chi connectivity index (χ1v) is 6.70. The number of aliphatic carboxylic acids is 1. The minimum absolute atomic E-state index is 0.0750. The zero-order valence-corrected chi connectivity index (χ0v) is 12.1. The largest absolute Gasteiger partial charge is 0.478 e. The molecule has 0 bridgehead atoms. The van der Waals surface area contributed by atoms with Gasteiger partial charge in [-0.15, -0.1) is 0 Å². The van der Waals surface area contributed by atoms with Crippen molar-refractivity contribution in [2.75, 3.05) is 24.5 Å². The van der Waals surface area contributed by atoms with Crippen LogP contribution in [0.15, 0.2) is 24.3 Å². The molecule has 0 aliphatic heterocycles. The van der Waals surface area contributed by atoms with E-state index in [1.54, 1.807) is 17.0 Å². The number of nitrogens with zero attached hydrogens (tertiary/aromatic N) is 1. The summed E-state index contributed by atoms with van der Waals surface area (Å²) in [6, 6.07) is 4.40.